The maximum atomic E-state index is 13.2. The Morgan fingerprint density at radius 2 is 1.90 bits per heavy atom. The van der Waals surface area contributed by atoms with Crippen LogP contribution in [-0.4, -0.2) is 25.3 Å². The Kier molecular flexibility index (Phi) is 5.82. The van der Waals surface area contributed by atoms with E-state index in [4.69, 9.17) is 11.6 Å². The van der Waals surface area contributed by atoms with Crippen LogP contribution in [0.25, 0.3) is 5.65 Å². The summed E-state index contributed by atoms with van der Waals surface area (Å²) in [6, 6.07) is 16.4. The molecular formula is C20H15ClFN5O2S. The number of benzene rings is 2. The normalized spacial score (nSPS) is 11.0. The Morgan fingerprint density at radius 3 is 2.67 bits per heavy atom. The van der Waals surface area contributed by atoms with Gasteiger partial charge in [-0.15, -0.1) is 5.10 Å². The fourth-order valence-corrected chi connectivity index (χ4v) is 3.65. The minimum Gasteiger partial charge on any atom is -0.324 e. The third-order valence-corrected chi connectivity index (χ3v) is 5.36. The number of carbonyl (C=O) groups excluding carboxylic acids is 1. The summed E-state index contributed by atoms with van der Waals surface area (Å²) < 4.78 is 15.4. The van der Waals surface area contributed by atoms with Crippen LogP contribution in [0, 0.1) is 5.82 Å². The van der Waals surface area contributed by atoms with Gasteiger partial charge in [0.05, 0.1) is 0 Å². The van der Waals surface area contributed by atoms with Gasteiger partial charge in [0.15, 0.2) is 5.65 Å². The number of amides is 1. The van der Waals surface area contributed by atoms with Crippen LogP contribution in [0.2, 0.25) is 5.02 Å². The molecule has 0 spiro atoms. The first-order valence-corrected chi connectivity index (χ1v) is 10.2. The summed E-state index contributed by atoms with van der Waals surface area (Å²) in [6.07, 6.45) is 0. The SMILES string of the molecule is O=C(Cn1nc2ccc(SCc3ccc(Cl)cc3)nn2c1=O)Nc1cccc(F)c1. The number of carbonyl (C=O) groups is 1. The maximum Gasteiger partial charge on any atom is 0.367 e. The van der Waals surface area contributed by atoms with E-state index in [1.807, 2.05) is 24.3 Å². The molecule has 2 heterocycles. The highest BCUT2D eigenvalue weighted by Crippen LogP contribution is 2.21. The Morgan fingerprint density at radius 1 is 1.10 bits per heavy atom. The number of hydrogen-bond donors (Lipinski definition) is 1. The quantitative estimate of drug-likeness (QED) is 0.460. The second kappa shape index (κ2) is 8.68. The summed E-state index contributed by atoms with van der Waals surface area (Å²) in [7, 11) is 0. The second-order valence-electron chi connectivity index (χ2n) is 6.36. The van der Waals surface area contributed by atoms with Crippen molar-refractivity contribution in [1.29, 1.82) is 0 Å². The molecule has 0 saturated carbocycles. The van der Waals surface area contributed by atoms with Gasteiger partial charge in [-0.2, -0.15) is 9.61 Å². The zero-order valence-electron chi connectivity index (χ0n) is 15.5. The molecule has 0 radical (unpaired) electrons. The number of thioether (sulfide) groups is 1. The van der Waals surface area contributed by atoms with Crippen LogP contribution in [0.15, 0.2) is 70.5 Å². The highest BCUT2D eigenvalue weighted by Gasteiger charge is 2.13. The lowest BCUT2D eigenvalue weighted by Gasteiger charge is -2.04. The lowest BCUT2D eigenvalue weighted by atomic mass is 10.2. The van der Waals surface area contributed by atoms with E-state index in [-0.39, 0.29) is 6.54 Å². The Hall–Kier alpha value is -3.17. The fraction of sp³-hybridized carbons (Fsp3) is 0.100. The predicted octanol–water partition coefficient (Wildman–Crippen LogP) is 3.61. The third kappa shape index (κ3) is 4.69. The zero-order valence-corrected chi connectivity index (χ0v) is 17.0. The van der Waals surface area contributed by atoms with Gasteiger partial charge in [-0.3, -0.25) is 4.79 Å². The first kappa shape index (κ1) is 20.1. The molecule has 2 aromatic carbocycles. The minimum atomic E-state index is -0.534. The third-order valence-electron chi connectivity index (χ3n) is 4.12. The number of aromatic nitrogens is 4. The first-order valence-electron chi connectivity index (χ1n) is 8.87. The maximum absolute atomic E-state index is 13.2. The average Bonchev–Trinajstić information content (AvgIpc) is 3.02. The monoisotopic (exact) mass is 443 g/mol. The van der Waals surface area contributed by atoms with E-state index < -0.39 is 17.4 Å². The summed E-state index contributed by atoms with van der Waals surface area (Å²) in [5.74, 6) is -0.303. The standard InChI is InChI=1S/C20H15ClFN5O2S/c21-14-6-4-13(5-7-14)12-30-19-9-8-17-24-26(20(29)27(17)25-19)11-18(28)23-16-3-1-2-15(22)10-16/h1-10H,11-12H2,(H,23,28). The molecule has 0 saturated heterocycles. The van der Waals surface area contributed by atoms with Crippen LogP contribution in [-0.2, 0) is 17.1 Å². The molecule has 152 valence electrons. The van der Waals surface area contributed by atoms with Crippen molar-refractivity contribution in [2.45, 2.75) is 17.3 Å². The molecule has 1 amide bonds. The molecule has 0 atom stereocenters. The number of halogens is 2. The van der Waals surface area contributed by atoms with Crippen molar-refractivity contribution in [2.75, 3.05) is 5.32 Å². The number of hydrogen-bond acceptors (Lipinski definition) is 5. The minimum absolute atomic E-state index is 0.302. The Bertz CT molecular complexity index is 1270. The molecule has 4 rings (SSSR count). The molecule has 0 fully saturated rings. The van der Waals surface area contributed by atoms with Crippen molar-refractivity contribution in [3.63, 3.8) is 0 Å². The van der Waals surface area contributed by atoms with Crippen LogP contribution in [0.1, 0.15) is 5.56 Å². The molecule has 0 aliphatic carbocycles. The van der Waals surface area contributed by atoms with E-state index in [1.165, 1.54) is 30.0 Å². The van der Waals surface area contributed by atoms with Gasteiger partial charge in [-0.05, 0) is 48.0 Å². The van der Waals surface area contributed by atoms with Gasteiger partial charge in [0.1, 0.15) is 17.4 Å². The Balaban J connectivity index is 1.47. The van der Waals surface area contributed by atoms with Crippen molar-refractivity contribution in [3.8, 4) is 0 Å². The van der Waals surface area contributed by atoms with Crippen molar-refractivity contribution < 1.29 is 9.18 Å². The summed E-state index contributed by atoms with van der Waals surface area (Å²) in [6.45, 7) is -0.314. The lowest BCUT2D eigenvalue weighted by Crippen LogP contribution is -2.28. The van der Waals surface area contributed by atoms with E-state index in [1.54, 1.807) is 18.2 Å². The lowest BCUT2D eigenvalue weighted by molar-refractivity contribution is -0.117. The predicted molar refractivity (Wildman–Crippen MR) is 113 cm³/mol. The molecule has 0 aliphatic heterocycles. The largest absolute Gasteiger partial charge is 0.367 e. The summed E-state index contributed by atoms with van der Waals surface area (Å²) >= 11 is 7.35. The van der Waals surface area contributed by atoms with Crippen molar-refractivity contribution >= 4 is 40.6 Å². The summed E-state index contributed by atoms with van der Waals surface area (Å²) in [4.78, 5) is 24.8. The molecule has 7 nitrogen and oxygen atoms in total. The first-order chi connectivity index (χ1) is 14.5. The fourth-order valence-electron chi connectivity index (χ4n) is 2.71. The van der Waals surface area contributed by atoms with Crippen LogP contribution < -0.4 is 11.0 Å². The number of rotatable bonds is 6. The van der Waals surface area contributed by atoms with E-state index in [2.05, 4.69) is 15.5 Å². The topological polar surface area (TPSA) is 81.3 Å². The van der Waals surface area contributed by atoms with Crippen molar-refractivity contribution in [3.05, 3.63) is 87.6 Å². The number of anilines is 1. The number of fused-ring (bicyclic) bond motifs is 1. The van der Waals surface area contributed by atoms with Gasteiger partial charge in [0.2, 0.25) is 5.91 Å². The molecule has 1 N–H and O–H groups in total. The van der Waals surface area contributed by atoms with E-state index in [0.29, 0.717) is 27.1 Å². The molecule has 0 unspecified atom stereocenters. The van der Waals surface area contributed by atoms with Gasteiger partial charge in [0.25, 0.3) is 0 Å². The van der Waals surface area contributed by atoms with Gasteiger partial charge in [0, 0.05) is 16.5 Å². The van der Waals surface area contributed by atoms with Crippen molar-refractivity contribution in [1.82, 2.24) is 19.4 Å². The van der Waals surface area contributed by atoms with Crippen LogP contribution in [0.5, 0.6) is 0 Å². The van der Waals surface area contributed by atoms with E-state index >= 15 is 0 Å². The highest BCUT2D eigenvalue weighted by molar-refractivity contribution is 7.98. The molecule has 0 aliphatic rings. The average molecular weight is 444 g/mol. The summed E-state index contributed by atoms with van der Waals surface area (Å²) in [5.41, 5.74) is 1.17. The second-order valence-corrected chi connectivity index (χ2v) is 7.79. The highest BCUT2D eigenvalue weighted by atomic mass is 35.5. The van der Waals surface area contributed by atoms with Gasteiger partial charge >= 0.3 is 5.69 Å². The molecule has 4 aromatic rings. The van der Waals surface area contributed by atoms with Gasteiger partial charge in [-0.25, -0.2) is 13.9 Å². The molecule has 2 aromatic heterocycles. The molecule has 10 heteroatoms. The van der Waals surface area contributed by atoms with E-state index in [9.17, 15) is 14.0 Å². The molecule has 30 heavy (non-hydrogen) atoms. The zero-order chi connectivity index (χ0) is 21.1. The van der Waals surface area contributed by atoms with Gasteiger partial charge in [-0.1, -0.05) is 41.6 Å². The van der Waals surface area contributed by atoms with E-state index in [0.717, 1.165) is 14.8 Å². The van der Waals surface area contributed by atoms with Crippen LogP contribution in [0.3, 0.4) is 0 Å². The molecule has 0 bridgehead atoms. The summed E-state index contributed by atoms with van der Waals surface area (Å²) in [5, 5.41) is 12.3. The molecular weight excluding hydrogens is 429 g/mol. The number of nitrogens with zero attached hydrogens (tertiary/aromatic N) is 4. The van der Waals surface area contributed by atoms with Gasteiger partial charge < -0.3 is 5.32 Å². The van der Waals surface area contributed by atoms with Crippen LogP contribution >= 0.6 is 23.4 Å². The Labute approximate surface area is 179 Å². The smallest absolute Gasteiger partial charge is 0.324 e. The van der Waals surface area contributed by atoms with Crippen molar-refractivity contribution in [2.24, 2.45) is 0 Å². The number of nitrogens with one attached hydrogen (secondary N) is 1. The van der Waals surface area contributed by atoms with Crippen LogP contribution in [0.4, 0.5) is 10.1 Å².